The molecule has 2 nitrogen and oxygen atoms in total. The minimum absolute atomic E-state index is 0.411. The standard InChI is InChI=1S/C14H10F3NO/c1-18-10-4-2-3-5-12(10)19-13-7-6-9(8-11(13)18)14(15,16)17/h2-8H,1H3. The first-order valence-electron chi connectivity index (χ1n) is 5.69. The van der Waals surface area contributed by atoms with Crippen molar-refractivity contribution < 1.29 is 17.9 Å². The fraction of sp³-hybridized carbons (Fsp3) is 0.143. The van der Waals surface area contributed by atoms with Gasteiger partial charge >= 0.3 is 6.18 Å². The van der Waals surface area contributed by atoms with Gasteiger partial charge in [0.25, 0.3) is 0 Å². The van der Waals surface area contributed by atoms with Crippen LogP contribution in [0.1, 0.15) is 5.56 Å². The third kappa shape index (κ3) is 1.91. The third-order valence-electron chi connectivity index (χ3n) is 3.09. The number of halogens is 3. The molecule has 0 amide bonds. The van der Waals surface area contributed by atoms with Gasteiger partial charge in [0.15, 0.2) is 11.5 Å². The quantitative estimate of drug-likeness (QED) is 0.691. The fourth-order valence-corrected chi connectivity index (χ4v) is 2.11. The smallest absolute Gasteiger partial charge is 0.416 e. The van der Waals surface area contributed by atoms with Crippen LogP contribution < -0.4 is 9.64 Å². The molecule has 3 rings (SSSR count). The van der Waals surface area contributed by atoms with E-state index in [9.17, 15) is 13.2 Å². The number of fused-ring (bicyclic) bond motifs is 2. The normalized spacial score (nSPS) is 13.6. The van der Waals surface area contributed by atoms with Crippen LogP contribution in [-0.2, 0) is 6.18 Å². The monoisotopic (exact) mass is 265 g/mol. The number of para-hydroxylation sites is 2. The third-order valence-corrected chi connectivity index (χ3v) is 3.09. The van der Waals surface area contributed by atoms with Gasteiger partial charge in [-0.2, -0.15) is 13.2 Å². The summed E-state index contributed by atoms with van der Waals surface area (Å²) in [7, 11) is 1.72. The van der Waals surface area contributed by atoms with E-state index in [0.29, 0.717) is 17.2 Å². The molecule has 98 valence electrons. The van der Waals surface area contributed by atoms with Gasteiger partial charge in [-0.05, 0) is 30.3 Å². The molecular weight excluding hydrogens is 255 g/mol. The molecule has 1 heterocycles. The molecule has 0 fully saturated rings. The van der Waals surface area contributed by atoms with E-state index in [-0.39, 0.29) is 0 Å². The first-order valence-corrected chi connectivity index (χ1v) is 5.69. The van der Waals surface area contributed by atoms with Gasteiger partial charge in [0.2, 0.25) is 0 Å². The highest BCUT2D eigenvalue weighted by molar-refractivity contribution is 5.77. The maximum atomic E-state index is 12.7. The van der Waals surface area contributed by atoms with Crippen molar-refractivity contribution in [1.82, 2.24) is 0 Å². The average Bonchev–Trinajstić information content (AvgIpc) is 2.37. The maximum Gasteiger partial charge on any atom is 0.416 e. The number of hydrogen-bond acceptors (Lipinski definition) is 2. The van der Waals surface area contributed by atoms with Crippen molar-refractivity contribution in [2.24, 2.45) is 0 Å². The second-order valence-electron chi connectivity index (χ2n) is 4.31. The molecule has 0 atom stereocenters. The first kappa shape index (κ1) is 11.9. The topological polar surface area (TPSA) is 12.5 Å². The Hall–Kier alpha value is -2.17. The zero-order valence-corrected chi connectivity index (χ0v) is 10.0. The SMILES string of the molecule is CN1c2ccccc2Oc2ccc(C(F)(F)F)cc21. The Labute approximate surface area is 108 Å². The van der Waals surface area contributed by atoms with Crippen molar-refractivity contribution >= 4 is 11.4 Å². The molecule has 0 saturated heterocycles. The lowest BCUT2D eigenvalue weighted by molar-refractivity contribution is -0.137. The molecule has 1 aliphatic rings. The number of benzene rings is 2. The summed E-state index contributed by atoms with van der Waals surface area (Å²) in [4.78, 5) is 1.70. The van der Waals surface area contributed by atoms with E-state index in [1.807, 2.05) is 12.1 Å². The van der Waals surface area contributed by atoms with Crippen molar-refractivity contribution in [1.29, 1.82) is 0 Å². The van der Waals surface area contributed by atoms with Gasteiger partial charge in [-0.15, -0.1) is 0 Å². The fourth-order valence-electron chi connectivity index (χ4n) is 2.11. The average molecular weight is 265 g/mol. The molecule has 5 heteroatoms. The highest BCUT2D eigenvalue weighted by Gasteiger charge is 2.32. The number of alkyl halides is 3. The van der Waals surface area contributed by atoms with Crippen molar-refractivity contribution in [2.45, 2.75) is 6.18 Å². The Morgan fingerprint density at radius 1 is 0.947 bits per heavy atom. The van der Waals surface area contributed by atoms with Gasteiger partial charge in [0.05, 0.1) is 16.9 Å². The summed E-state index contributed by atoms with van der Waals surface area (Å²) in [5.74, 6) is 1.06. The summed E-state index contributed by atoms with van der Waals surface area (Å²) in [5.41, 5.74) is 0.476. The number of ether oxygens (including phenoxy) is 1. The van der Waals surface area contributed by atoms with Crippen molar-refractivity contribution in [2.75, 3.05) is 11.9 Å². The predicted molar refractivity (Wildman–Crippen MR) is 66.0 cm³/mol. The minimum atomic E-state index is -4.35. The molecule has 0 aromatic heterocycles. The summed E-state index contributed by atoms with van der Waals surface area (Å²) in [6, 6.07) is 10.7. The van der Waals surface area contributed by atoms with Crippen LogP contribution in [0.15, 0.2) is 42.5 Å². The van der Waals surface area contributed by atoms with E-state index in [4.69, 9.17) is 4.74 Å². The largest absolute Gasteiger partial charge is 0.453 e. The first-order chi connectivity index (χ1) is 8.97. The van der Waals surface area contributed by atoms with E-state index < -0.39 is 11.7 Å². The Morgan fingerprint density at radius 2 is 1.63 bits per heavy atom. The molecule has 0 spiro atoms. The van der Waals surface area contributed by atoms with Crippen molar-refractivity contribution in [3.63, 3.8) is 0 Å². The van der Waals surface area contributed by atoms with Crippen molar-refractivity contribution in [3.05, 3.63) is 48.0 Å². The van der Waals surface area contributed by atoms with Gasteiger partial charge in [-0.3, -0.25) is 0 Å². The summed E-state index contributed by atoms with van der Waals surface area (Å²) in [5, 5.41) is 0. The second kappa shape index (κ2) is 3.91. The van der Waals surface area contributed by atoms with Crippen LogP contribution in [0, 0.1) is 0 Å². The van der Waals surface area contributed by atoms with Crippen LogP contribution >= 0.6 is 0 Å². The lowest BCUT2D eigenvalue weighted by Gasteiger charge is -2.30. The number of hydrogen-bond donors (Lipinski definition) is 0. The lowest BCUT2D eigenvalue weighted by Crippen LogP contribution is -2.17. The van der Waals surface area contributed by atoms with E-state index in [1.54, 1.807) is 24.1 Å². The van der Waals surface area contributed by atoms with E-state index >= 15 is 0 Å². The van der Waals surface area contributed by atoms with Crippen LogP contribution in [-0.4, -0.2) is 7.05 Å². The van der Waals surface area contributed by atoms with E-state index in [2.05, 4.69) is 0 Å². The minimum Gasteiger partial charge on any atom is -0.453 e. The predicted octanol–water partition coefficient (Wildman–Crippen LogP) is 4.58. The van der Waals surface area contributed by atoms with Crippen LogP contribution in [0.3, 0.4) is 0 Å². The Kier molecular flexibility index (Phi) is 2.45. The highest BCUT2D eigenvalue weighted by atomic mass is 19.4. The lowest BCUT2D eigenvalue weighted by atomic mass is 10.1. The zero-order chi connectivity index (χ0) is 13.6. The Balaban J connectivity index is 2.11. The molecule has 0 bridgehead atoms. The molecule has 0 N–H and O–H groups in total. The Morgan fingerprint density at radius 3 is 2.37 bits per heavy atom. The molecule has 19 heavy (non-hydrogen) atoms. The maximum absolute atomic E-state index is 12.7. The van der Waals surface area contributed by atoms with Crippen LogP contribution in [0.2, 0.25) is 0 Å². The number of nitrogens with zero attached hydrogens (tertiary/aromatic N) is 1. The number of anilines is 2. The highest BCUT2D eigenvalue weighted by Crippen LogP contribution is 2.47. The van der Waals surface area contributed by atoms with Gasteiger partial charge in [0, 0.05) is 7.05 Å². The number of rotatable bonds is 0. The van der Waals surface area contributed by atoms with Gasteiger partial charge in [-0.1, -0.05) is 12.1 Å². The summed E-state index contributed by atoms with van der Waals surface area (Å²) in [6.07, 6.45) is -4.35. The Bertz CT molecular complexity index is 637. The van der Waals surface area contributed by atoms with E-state index in [0.717, 1.165) is 17.8 Å². The summed E-state index contributed by atoms with van der Waals surface area (Å²) < 4.78 is 43.8. The van der Waals surface area contributed by atoms with Crippen molar-refractivity contribution in [3.8, 4) is 11.5 Å². The second-order valence-corrected chi connectivity index (χ2v) is 4.31. The molecule has 0 radical (unpaired) electrons. The molecule has 0 unspecified atom stereocenters. The molecule has 0 aliphatic carbocycles. The molecule has 2 aromatic carbocycles. The molecule has 2 aromatic rings. The van der Waals surface area contributed by atoms with Gasteiger partial charge < -0.3 is 9.64 Å². The van der Waals surface area contributed by atoms with E-state index in [1.165, 1.54) is 6.07 Å². The molecule has 1 aliphatic heterocycles. The molecule has 0 saturated carbocycles. The zero-order valence-electron chi connectivity index (χ0n) is 10.0. The molecular formula is C14H10F3NO. The van der Waals surface area contributed by atoms with Crippen LogP contribution in [0.5, 0.6) is 11.5 Å². The summed E-state index contributed by atoms with van der Waals surface area (Å²) in [6.45, 7) is 0. The van der Waals surface area contributed by atoms with Gasteiger partial charge in [-0.25, -0.2) is 0 Å². The van der Waals surface area contributed by atoms with Crippen LogP contribution in [0.4, 0.5) is 24.5 Å². The van der Waals surface area contributed by atoms with Crippen LogP contribution in [0.25, 0.3) is 0 Å². The summed E-state index contributed by atoms with van der Waals surface area (Å²) >= 11 is 0. The van der Waals surface area contributed by atoms with Gasteiger partial charge in [0.1, 0.15) is 0 Å².